The number of hydrogen-bond acceptors (Lipinski definition) is 0. The van der Waals surface area contributed by atoms with Gasteiger partial charge in [-0.3, -0.25) is 0 Å². The van der Waals surface area contributed by atoms with E-state index >= 15 is 0 Å². The molecular formula is C30H20BBr3. The van der Waals surface area contributed by atoms with Crippen LogP contribution in [-0.2, 0) is 0 Å². The summed E-state index contributed by atoms with van der Waals surface area (Å²) < 4.78 is 3.24. The number of rotatable bonds is 4. The third kappa shape index (κ3) is 4.72. The lowest BCUT2D eigenvalue weighted by Gasteiger charge is -2.16. The maximum atomic E-state index is 3.85. The van der Waals surface area contributed by atoms with Crippen molar-refractivity contribution in [2.75, 3.05) is 0 Å². The van der Waals surface area contributed by atoms with Gasteiger partial charge < -0.3 is 0 Å². The van der Waals surface area contributed by atoms with Gasteiger partial charge in [0.15, 0.2) is 0 Å². The van der Waals surface area contributed by atoms with Crippen molar-refractivity contribution in [3.8, 4) is 44.5 Å². The average Bonchev–Trinajstić information content (AvgIpc) is 2.86. The van der Waals surface area contributed by atoms with E-state index < -0.39 is 0 Å². The Balaban J connectivity index is 1.51. The van der Waals surface area contributed by atoms with Crippen LogP contribution in [0.2, 0.25) is 0 Å². The van der Waals surface area contributed by atoms with Gasteiger partial charge in [-0.05, 0) is 62.7 Å². The summed E-state index contributed by atoms with van der Waals surface area (Å²) in [4.78, 5) is 0. The molecule has 164 valence electrons. The summed E-state index contributed by atoms with van der Waals surface area (Å²) in [7, 11) is 2.18. The lowest BCUT2D eigenvalue weighted by molar-refractivity contribution is 1.53. The Morgan fingerprint density at radius 2 is 0.824 bits per heavy atom. The van der Waals surface area contributed by atoms with Crippen molar-refractivity contribution in [1.82, 2.24) is 0 Å². The Labute approximate surface area is 226 Å². The maximum absolute atomic E-state index is 3.85. The van der Waals surface area contributed by atoms with Crippen molar-refractivity contribution in [2.45, 2.75) is 0 Å². The standard InChI is InChI=1S/C30H20BBr3/c31-27-17-26(24-14-12-22(16-29(24)33)20-9-5-2-6-10-20)30(34)18-25(27)23-13-11-21(15-28(23)32)19-7-3-1-4-8-19/h1-18H,31H2. The Morgan fingerprint density at radius 3 is 1.29 bits per heavy atom. The normalized spacial score (nSPS) is 10.9. The minimum atomic E-state index is 1.07. The zero-order valence-corrected chi connectivity index (χ0v) is 23.3. The molecule has 5 aromatic rings. The molecule has 0 N–H and O–H groups in total. The molecule has 0 atom stereocenters. The fourth-order valence-corrected chi connectivity index (χ4v) is 6.01. The summed E-state index contributed by atoms with van der Waals surface area (Å²) >= 11 is 11.5. The van der Waals surface area contributed by atoms with Gasteiger partial charge in [-0.2, -0.15) is 0 Å². The van der Waals surface area contributed by atoms with Crippen LogP contribution in [0.5, 0.6) is 0 Å². The molecule has 0 radical (unpaired) electrons. The first-order chi connectivity index (χ1) is 16.5. The monoisotopic (exact) mass is 628 g/mol. The highest BCUT2D eigenvalue weighted by molar-refractivity contribution is 9.11. The molecular weight excluding hydrogens is 611 g/mol. The summed E-state index contributed by atoms with van der Waals surface area (Å²) in [5.74, 6) is 0. The van der Waals surface area contributed by atoms with Crippen LogP contribution >= 0.6 is 47.8 Å². The van der Waals surface area contributed by atoms with E-state index in [0.29, 0.717) is 0 Å². The fourth-order valence-electron chi connectivity index (χ4n) is 4.27. The molecule has 0 aliphatic rings. The molecule has 0 unspecified atom stereocenters. The Morgan fingerprint density at radius 1 is 0.382 bits per heavy atom. The minimum Gasteiger partial charge on any atom is -0.0805 e. The number of hydrogen-bond donors (Lipinski definition) is 0. The summed E-state index contributed by atoms with van der Waals surface area (Å²) in [6.07, 6.45) is 0. The fraction of sp³-hybridized carbons (Fsp3) is 0. The highest BCUT2D eigenvalue weighted by atomic mass is 79.9. The van der Waals surface area contributed by atoms with Gasteiger partial charge in [-0.15, -0.1) is 0 Å². The molecule has 0 heterocycles. The first-order valence-corrected chi connectivity index (χ1v) is 13.4. The van der Waals surface area contributed by atoms with E-state index in [0.717, 1.165) is 13.4 Å². The Hall–Kier alpha value is -2.40. The van der Waals surface area contributed by atoms with Gasteiger partial charge in [-0.25, -0.2) is 0 Å². The van der Waals surface area contributed by atoms with E-state index in [2.05, 4.69) is 153 Å². The van der Waals surface area contributed by atoms with Crippen LogP contribution in [0.15, 0.2) is 123 Å². The number of benzene rings is 5. The predicted molar refractivity (Wildman–Crippen MR) is 159 cm³/mol. The smallest absolute Gasteiger partial charge is 0.0805 e. The third-order valence-corrected chi connectivity index (χ3v) is 8.02. The van der Waals surface area contributed by atoms with Crippen LogP contribution in [0.25, 0.3) is 44.5 Å². The van der Waals surface area contributed by atoms with Crippen molar-refractivity contribution < 1.29 is 0 Å². The van der Waals surface area contributed by atoms with Gasteiger partial charge in [0, 0.05) is 13.4 Å². The lowest BCUT2D eigenvalue weighted by Crippen LogP contribution is -2.08. The molecule has 0 aromatic heterocycles. The molecule has 0 aliphatic heterocycles. The van der Waals surface area contributed by atoms with E-state index in [1.165, 1.54) is 50.0 Å². The molecule has 0 nitrogen and oxygen atoms in total. The lowest BCUT2D eigenvalue weighted by atomic mass is 9.84. The molecule has 0 aliphatic carbocycles. The van der Waals surface area contributed by atoms with Gasteiger partial charge >= 0.3 is 0 Å². The molecule has 0 amide bonds. The zero-order chi connectivity index (χ0) is 23.7. The highest BCUT2D eigenvalue weighted by Crippen LogP contribution is 2.39. The van der Waals surface area contributed by atoms with Gasteiger partial charge in [0.1, 0.15) is 7.85 Å². The van der Waals surface area contributed by atoms with E-state index in [1.807, 2.05) is 12.1 Å². The molecule has 0 saturated carbocycles. The summed E-state index contributed by atoms with van der Waals surface area (Å²) in [6, 6.07) is 38.6. The van der Waals surface area contributed by atoms with Crippen LogP contribution in [0.3, 0.4) is 0 Å². The van der Waals surface area contributed by atoms with Crippen molar-refractivity contribution in [1.29, 1.82) is 0 Å². The predicted octanol–water partition coefficient (Wildman–Crippen LogP) is 8.90. The quantitative estimate of drug-likeness (QED) is 0.174. The summed E-state index contributed by atoms with van der Waals surface area (Å²) in [5, 5.41) is 0. The largest absolute Gasteiger partial charge is 0.140 e. The summed E-state index contributed by atoms with van der Waals surface area (Å²) in [5.41, 5.74) is 10.8. The zero-order valence-electron chi connectivity index (χ0n) is 18.5. The van der Waals surface area contributed by atoms with Crippen LogP contribution in [0.1, 0.15) is 0 Å². The van der Waals surface area contributed by atoms with Crippen LogP contribution in [0, 0.1) is 0 Å². The molecule has 5 aromatic carbocycles. The van der Waals surface area contributed by atoms with E-state index in [9.17, 15) is 0 Å². The second-order valence-electron chi connectivity index (χ2n) is 8.27. The molecule has 0 bridgehead atoms. The molecule has 0 fully saturated rings. The second-order valence-corrected chi connectivity index (χ2v) is 10.8. The first-order valence-electron chi connectivity index (χ1n) is 11.0. The first kappa shape index (κ1) is 23.4. The van der Waals surface area contributed by atoms with E-state index in [4.69, 9.17) is 0 Å². The van der Waals surface area contributed by atoms with Crippen LogP contribution < -0.4 is 5.46 Å². The van der Waals surface area contributed by atoms with Crippen LogP contribution in [0.4, 0.5) is 0 Å². The van der Waals surface area contributed by atoms with Crippen molar-refractivity contribution in [3.63, 3.8) is 0 Å². The second kappa shape index (κ2) is 10.1. The number of halogens is 3. The molecule has 0 spiro atoms. The molecule has 5 rings (SSSR count). The van der Waals surface area contributed by atoms with Gasteiger partial charge in [0.05, 0.1) is 0 Å². The van der Waals surface area contributed by atoms with Gasteiger partial charge in [0.2, 0.25) is 0 Å². The van der Waals surface area contributed by atoms with E-state index in [-0.39, 0.29) is 0 Å². The maximum Gasteiger partial charge on any atom is 0.140 e. The van der Waals surface area contributed by atoms with Crippen molar-refractivity contribution >= 4 is 61.1 Å². The third-order valence-electron chi connectivity index (χ3n) is 6.05. The topological polar surface area (TPSA) is 0 Å². The molecule has 0 saturated heterocycles. The summed E-state index contributed by atoms with van der Waals surface area (Å²) in [6.45, 7) is 0. The Bertz CT molecular complexity index is 1360. The average molecular weight is 631 g/mol. The van der Waals surface area contributed by atoms with Crippen molar-refractivity contribution in [2.24, 2.45) is 0 Å². The minimum absolute atomic E-state index is 1.07. The Kier molecular flexibility index (Phi) is 6.92. The van der Waals surface area contributed by atoms with E-state index in [1.54, 1.807) is 0 Å². The van der Waals surface area contributed by atoms with Gasteiger partial charge in [-0.1, -0.05) is 144 Å². The molecule has 34 heavy (non-hydrogen) atoms. The van der Waals surface area contributed by atoms with Crippen molar-refractivity contribution in [3.05, 3.63) is 123 Å². The van der Waals surface area contributed by atoms with Crippen LogP contribution in [-0.4, -0.2) is 7.85 Å². The SMILES string of the molecule is Bc1cc(-c2ccc(-c3ccccc3)cc2Br)c(Br)cc1-c1ccc(-c2ccccc2)cc1Br. The molecule has 4 heteroatoms. The van der Waals surface area contributed by atoms with Gasteiger partial charge in [0.25, 0.3) is 0 Å². The highest BCUT2D eigenvalue weighted by Gasteiger charge is 2.14.